The van der Waals surface area contributed by atoms with Crippen molar-refractivity contribution in [3.05, 3.63) is 28.8 Å². The van der Waals surface area contributed by atoms with E-state index >= 15 is 0 Å². The van der Waals surface area contributed by atoms with Crippen molar-refractivity contribution < 1.29 is 0 Å². The van der Waals surface area contributed by atoms with Crippen LogP contribution in [0.1, 0.15) is 43.4 Å². The molecule has 2 nitrogen and oxygen atoms in total. The maximum absolute atomic E-state index is 4.90. The topological polar surface area (TPSA) is 24.4 Å². The Morgan fingerprint density at radius 3 is 2.47 bits per heavy atom. The van der Waals surface area contributed by atoms with Gasteiger partial charge in [0.25, 0.3) is 0 Å². The summed E-state index contributed by atoms with van der Waals surface area (Å²) >= 11 is 1.84. The minimum absolute atomic E-state index is 0.111. The third-order valence-electron chi connectivity index (χ3n) is 3.92. The van der Waals surface area contributed by atoms with Gasteiger partial charge in [-0.25, -0.2) is 0 Å². The van der Waals surface area contributed by atoms with Crippen molar-refractivity contribution in [3.63, 3.8) is 0 Å². The van der Waals surface area contributed by atoms with E-state index in [1.807, 2.05) is 11.8 Å². The van der Waals surface area contributed by atoms with Gasteiger partial charge in [-0.15, -0.1) is 0 Å². The standard InChI is InChI=1S/C16H24N2S/c1-6-16(5)7-8-19-15(18-16)17-14-12(3)9-11(2)10-13(14)4/h9-10H,6-8H2,1-5H3,(H,17,18). The van der Waals surface area contributed by atoms with Gasteiger partial charge in [-0.3, -0.25) is 4.99 Å². The molecule has 19 heavy (non-hydrogen) atoms. The smallest absolute Gasteiger partial charge is 0.161 e. The van der Waals surface area contributed by atoms with Crippen LogP contribution in [0.3, 0.4) is 0 Å². The molecule has 0 saturated carbocycles. The Bertz CT molecular complexity index is 484. The van der Waals surface area contributed by atoms with E-state index in [-0.39, 0.29) is 5.54 Å². The van der Waals surface area contributed by atoms with Crippen LogP contribution in [-0.4, -0.2) is 16.5 Å². The summed E-state index contributed by atoms with van der Waals surface area (Å²) in [6.07, 6.45) is 2.27. The molecule has 104 valence electrons. The highest BCUT2D eigenvalue weighted by Crippen LogP contribution is 2.31. The summed E-state index contributed by atoms with van der Waals surface area (Å²) < 4.78 is 0. The molecule has 1 aromatic rings. The van der Waals surface area contributed by atoms with Gasteiger partial charge in [0.15, 0.2) is 5.17 Å². The number of rotatable bonds is 2. The van der Waals surface area contributed by atoms with Gasteiger partial charge in [0.05, 0.1) is 5.54 Å². The van der Waals surface area contributed by atoms with E-state index in [4.69, 9.17) is 4.99 Å². The molecule has 0 spiro atoms. The molecule has 1 aliphatic rings. The van der Waals surface area contributed by atoms with Gasteiger partial charge < -0.3 is 5.32 Å². The third kappa shape index (κ3) is 3.33. The van der Waals surface area contributed by atoms with Gasteiger partial charge in [0.2, 0.25) is 0 Å². The van der Waals surface area contributed by atoms with Crippen LogP contribution in [0.5, 0.6) is 0 Å². The zero-order valence-corrected chi connectivity index (χ0v) is 13.4. The van der Waals surface area contributed by atoms with E-state index in [9.17, 15) is 0 Å². The van der Waals surface area contributed by atoms with Crippen molar-refractivity contribution in [1.82, 2.24) is 0 Å². The average Bonchev–Trinajstić information content (AvgIpc) is 2.34. The Morgan fingerprint density at radius 1 is 1.26 bits per heavy atom. The van der Waals surface area contributed by atoms with Crippen LogP contribution in [0.15, 0.2) is 17.1 Å². The van der Waals surface area contributed by atoms with Gasteiger partial charge in [-0.1, -0.05) is 36.4 Å². The molecule has 0 bridgehead atoms. The molecule has 3 heteroatoms. The quantitative estimate of drug-likeness (QED) is 0.847. The van der Waals surface area contributed by atoms with E-state index in [0.29, 0.717) is 0 Å². The number of anilines is 1. The zero-order chi connectivity index (χ0) is 14.0. The summed E-state index contributed by atoms with van der Waals surface area (Å²) in [5, 5.41) is 4.62. The first-order valence-corrected chi connectivity index (χ1v) is 7.99. The van der Waals surface area contributed by atoms with Crippen LogP contribution >= 0.6 is 11.8 Å². The number of benzene rings is 1. The largest absolute Gasteiger partial charge is 0.335 e. The van der Waals surface area contributed by atoms with Crippen LogP contribution in [0, 0.1) is 20.8 Å². The first kappa shape index (κ1) is 14.4. The highest BCUT2D eigenvalue weighted by atomic mass is 32.2. The summed E-state index contributed by atoms with van der Waals surface area (Å²) in [4.78, 5) is 4.90. The predicted molar refractivity (Wildman–Crippen MR) is 87.5 cm³/mol. The molecule has 2 rings (SSSR count). The fourth-order valence-electron chi connectivity index (χ4n) is 2.50. The maximum atomic E-state index is 4.90. The molecule has 0 aliphatic carbocycles. The molecular weight excluding hydrogens is 252 g/mol. The molecule has 1 N–H and O–H groups in total. The number of nitrogens with zero attached hydrogens (tertiary/aromatic N) is 1. The van der Waals surface area contributed by atoms with E-state index in [2.05, 4.69) is 52.1 Å². The van der Waals surface area contributed by atoms with E-state index in [0.717, 1.165) is 17.3 Å². The Kier molecular flexibility index (Phi) is 4.24. The monoisotopic (exact) mass is 276 g/mol. The van der Waals surface area contributed by atoms with Crippen LogP contribution in [-0.2, 0) is 0 Å². The summed E-state index contributed by atoms with van der Waals surface area (Å²) in [6, 6.07) is 4.45. The fourth-order valence-corrected chi connectivity index (χ4v) is 3.70. The molecule has 0 fully saturated rings. The van der Waals surface area contributed by atoms with Crippen LogP contribution in [0.25, 0.3) is 0 Å². The SMILES string of the molecule is CCC1(C)CCSC(Nc2c(C)cc(C)cc2C)=N1. The Hall–Kier alpha value is -0.960. The number of aryl methyl sites for hydroxylation is 3. The van der Waals surface area contributed by atoms with Crippen LogP contribution in [0.4, 0.5) is 5.69 Å². The zero-order valence-electron chi connectivity index (χ0n) is 12.6. The summed E-state index contributed by atoms with van der Waals surface area (Å²) in [6.45, 7) is 10.9. The Balaban J connectivity index is 2.27. The molecule has 0 saturated heterocycles. The Labute approximate surface area is 121 Å². The highest BCUT2D eigenvalue weighted by Gasteiger charge is 2.26. The number of hydrogen-bond acceptors (Lipinski definition) is 3. The number of thioether (sulfide) groups is 1. The van der Waals surface area contributed by atoms with Crippen molar-refractivity contribution in [1.29, 1.82) is 0 Å². The van der Waals surface area contributed by atoms with E-state index < -0.39 is 0 Å². The molecule has 1 aromatic carbocycles. The first-order chi connectivity index (χ1) is 8.93. The minimum atomic E-state index is 0.111. The molecule has 1 atom stereocenters. The average molecular weight is 276 g/mol. The molecule has 0 amide bonds. The number of hydrogen-bond donors (Lipinski definition) is 1. The van der Waals surface area contributed by atoms with E-state index in [1.54, 1.807) is 0 Å². The lowest BCUT2D eigenvalue weighted by Crippen LogP contribution is -2.30. The summed E-state index contributed by atoms with van der Waals surface area (Å²) in [5.41, 5.74) is 5.24. The second-order valence-corrected chi connectivity index (χ2v) is 6.85. The number of aliphatic imine (C=N–C) groups is 1. The van der Waals surface area contributed by atoms with Crippen molar-refractivity contribution in [2.24, 2.45) is 4.99 Å². The van der Waals surface area contributed by atoms with Crippen molar-refractivity contribution in [2.45, 2.75) is 53.0 Å². The van der Waals surface area contributed by atoms with Gasteiger partial charge in [-0.2, -0.15) is 0 Å². The first-order valence-electron chi connectivity index (χ1n) is 7.01. The van der Waals surface area contributed by atoms with Gasteiger partial charge in [0, 0.05) is 11.4 Å². The lowest BCUT2D eigenvalue weighted by atomic mass is 9.96. The molecule has 1 heterocycles. The van der Waals surface area contributed by atoms with Crippen LogP contribution < -0.4 is 5.32 Å². The number of nitrogens with one attached hydrogen (secondary N) is 1. The van der Waals surface area contributed by atoms with Crippen molar-refractivity contribution in [2.75, 3.05) is 11.1 Å². The predicted octanol–water partition coefficient (Wildman–Crippen LogP) is 4.69. The lowest BCUT2D eigenvalue weighted by molar-refractivity contribution is 0.443. The molecule has 0 aromatic heterocycles. The third-order valence-corrected chi connectivity index (χ3v) is 4.80. The second-order valence-electron chi connectivity index (χ2n) is 5.76. The van der Waals surface area contributed by atoms with Crippen molar-refractivity contribution >= 4 is 22.6 Å². The molecule has 0 radical (unpaired) electrons. The fraction of sp³-hybridized carbons (Fsp3) is 0.562. The van der Waals surface area contributed by atoms with E-state index in [1.165, 1.54) is 28.8 Å². The maximum Gasteiger partial charge on any atom is 0.161 e. The van der Waals surface area contributed by atoms with Crippen LogP contribution in [0.2, 0.25) is 0 Å². The number of amidine groups is 1. The molecule has 1 unspecified atom stereocenters. The summed E-state index contributed by atoms with van der Waals surface area (Å²) in [7, 11) is 0. The second kappa shape index (κ2) is 5.58. The summed E-state index contributed by atoms with van der Waals surface area (Å²) in [5.74, 6) is 1.15. The van der Waals surface area contributed by atoms with Crippen molar-refractivity contribution in [3.8, 4) is 0 Å². The van der Waals surface area contributed by atoms with Gasteiger partial charge >= 0.3 is 0 Å². The highest BCUT2D eigenvalue weighted by molar-refractivity contribution is 8.14. The van der Waals surface area contributed by atoms with Gasteiger partial charge in [-0.05, 0) is 51.7 Å². The van der Waals surface area contributed by atoms with Gasteiger partial charge in [0.1, 0.15) is 0 Å². The minimum Gasteiger partial charge on any atom is -0.335 e. The normalized spacial score (nSPS) is 23.1. The molecule has 1 aliphatic heterocycles. The lowest BCUT2D eigenvalue weighted by Gasteiger charge is -2.29. The molecular formula is C16H24N2S. The Morgan fingerprint density at radius 2 is 1.89 bits per heavy atom.